The molecule has 12 heteroatoms. The summed E-state index contributed by atoms with van der Waals surface area (Å²) in [7, 11) is 0. The molecule has 3 heterocycles. The van der Waals surface area contributed by atoms with E-state index >= 15 is 0 Å². The van der Waals surface area contributed by atoms with Gasteiger partial charge in [-0.1, -0.05) is 11.6 Å². The zero-order valence-electron chi connectivity index (χ0n) is 23.3. The minimum atomic E-state index is -1.03. The molecule has 1 aromatic rings. The van der Waals surface area contributed by atoms with Gasteiger partial charge in [-0.05, 0) is 55.4 Å². The van der Waals surface area contributed by atoms with Gasteiger partial charge in [-0.3, -0.25) is 38.6 Å². The van der Waals surface area contributed by atoms with Crippen molar-refractivity contribution in [3.63, 3.8) is 0 Å². The number of carboxylic acid groups (broad SMARTS) is 2. The predicted molar refractivity (Wildman–Crippen MR) is 146 cm³/mol. The molecule has 3 fully saturated rings. The molecule has 0 aromatic heterocycles. The standard InChI is InChI=1S/C31H32N2O10/c34-17-5-8-22-15(12-17)11-16(14-43-22)25-18-6-7-19-26(30(41)32(28(19)39)9-1-3-23(35)36)20(18)13-21-27(25)31(42)33(29(21)40)10-2-4-24(37)38/h5-6,8,12,14,19-21,25-27,34H,1-4,7,9-11,13H2,(H,35,36)(H,37,38)/t19-,20+,21+,25-,26-,27+/m0/s1. The Hall–Kier alpha value is -4.48. The van der Waals surface area contributed by atoms with E-state index in [4.69, 9.17) is 14.9 Å². The van der Waals surface area contributed by atoms with Gasteiger partial charge in [0.1, 0.15) is 11.5 Å². The second-order valence-electron chi connectivity index (χ2n) is 12.0. The third-order valence-corrected chi connectivity index (χ3v) is 9.55. The minimum Gasteiger partial charge on any atom is -0.508 e. The smallest absolute Gasteiger partial charge is 0.303 e. The van der Waals surface area contributed by atoms with E-state index in [2.05, 4.69) is 0 Å². The predicted octanol–water partition coefficient (Wildman–Crippen LogP) is 2.11. The number of benzene rings is 1. The van der Waals surface area contributed by atoms with Gasteiger partial charge in [0.2, 0.25) is 23.6 Å². The van der Waals surface area contributed by atoms with Crippen LogP contribution in [0.15, 0.2) is 41.7 Å². The number of hydrogen-bond donors (Lipinski definition) is 3. The first kappa shape index (κ1) is 28.6. The maximum absolute atomic E-state index is 13.9. The van der Waals surface area contributed by atoms with Crippen molar-refractivity contribution in [1.29, 1.82) is 0 Å². The molecule has 0 bridgehead atoms. The molecule has 4 amide bonds. The number of hydrogen-bond acceptors (Lipinski definition) is 8. The Balaban J connectivity index is 1.35. The molecular formula is C31H32N2O10. The van der Waals surface area contributed by atoms with Gasteiger partial charge in [0.05, 0.1) is 29.9 Å². The van der Waals surface area contributed by atoms with Crippen molar-refractivity contribution in [2.45, 2.75) is 44.9 Å². The Labute approximate surface area is 246 Å². The summed E-state index contributed by atoms with van der Waals surface area (Å²) in [5, 5.41) is 28.2. The van der Waals surface area contributed by atoms with Gasteiger partial charge in [0.15, 0.2) is 0 Å². The lowest BCUT2D eigenvalue weighted by atomic mass is 9.56. The number of ether oxygens (including phenoxy) is 1. The van der Waals surface area contributed by atoms with Gasteiger partial charge < -0.3 is 20.1 Å². The van der Waals surface area contributed by atoms with Gasteiger partial charge in [-0.25, -0.2) is 0 Å². The zero-order chi connectivity index (χ0) is 30.6. The highest BCUT2D eigenvalue weighted by molar-refractivity contribution is 6.07. The number of phenols is 1. The van der Waals surface area contributed by atoms with Crippen molar-refractivity contribution < 1.29 is 48.8 Å². The molecule has 2 saturated heterocycles. The van der Waals surface area contributed by atoms with E-state index in [0.29, 0.717) is 23.3 Å². The number of fused-ring (bicyclic) bond motifs is 5. The summed E-state index contributed by atoms with van der Waals surface area (Å²) < 4.78 is 5.91. The third kappa shape index (κ3) is 4.88. The Kier molecular flexibility index (Phi) is 7.31. The number of amides is 4. The van der Waals surface area contributed by atoms with E-state index in [-0.39, 0.29) is 69.2 Å². The number of imide groups is 2. The number of aliphatic carboxylic acids is 2. The number of aromatic hydroxyl groups is 1. The van der Waals surface area contributed by atoms with Gasteiger partial charge in [0.25, 0.3) is 0 Å². The molecule has 5 aliphatic rings. The normalized spacial score (nSPS) is 29.3. The van der Waals surface area contributed by atoms with Crippen LogP contribution in [-0.4, -0.2) is 73.8 Å². The van der Waals surface area contributed by atoms with E-state index in [0.717, 1.165) is 15.4 Å². The van der Waals surface area contributed by atoms with Crippen LogP contribution in [0.3, 0.4) is 0 Å². The fourth-order valence-electron chi connectivity index (χ4n) is 7.76. The van der Waals surface area contributed by atoms with Crippen LogP contribution in [0.4, 0.5) is 0 Å². The van der Waals surface area contributed by atoms with Gasteiger partial charge in [0, 0.05) is 43.8 Å². The Morgan fingerprint density at radius 3 is 2.12 bits per heavy atom. The first-order valence-corrected chi connectivity index (χ1v) is 14.6. The van der Waals surface area contributed by atoms with Crippen LogP contribution in [0.5, 0.6) is 11.5 Å². The summed E-state index contributed by atoms with van der Waals surface area (Å²) in [6.07, 6.45) is 4.19. The molecule has 3 aliphatic heterocycles. The molecule has 3 N–H and O–H groups in total. The Bertz CT molecular complexity index is 1490. The van der Waals surface area contributed by atoms with Crippen molar-refractivity contribution in [2.75, 3.05) is 13.1 Å². The Morgan fingerprint density at radius 2 is 1.47 bits per heavy atom. The molecule has 1 aromatic carbocycles. The first-order chi connectivity index (χ1) is 20.6. The minimum absolute atomic E-state index is 0.00252. The number of likely N-dealkylation sites (tertiary alicyclic amines) is 2. The monoisotopic (exact) mass is 592 g/mol. The molecule has 0 unspecified atom stereocenters. The van der Waals surface area contributed by atoms with Gasteiger partial charge in [-0.2, -0.15) is 0 Å². The van der Waals surface area contributed by atoms with Crippen LogP contribution >= 0.6 is 0 Å². The largest absolute Gasteiger partial charge is 0.508 e. The maximum Gasteiger partial charge on any atom is 0.303 e. The molecule has 2 aliphatic carbocycles. The van der Waals surface area contributed by atoms with E-state index in [1.54, 1.807) is 18.4 Å². The van der Waals surface area contributed by atoms with E-state index in [9.17, 15) is 33.9 Å². The lowest BCUT2D eigenvalue weighted by Gasteiger charge is -2.45. The molecule has 6 atom stereocenters. The summed E-state index contributed by atoms with van der Waals surface area (Å²) in [6, 6.07) is 4.73. The van der Waals surface area contributed by atoms with Crippen molar-refractivity contribution in [3.8, 4) is 11.5 Å². The number of carbonyl (C=O) groups excluding carboxylic acids is 4. The van der Waals surface area contributed by atoms with Crippen molar-refractivity contribution in [3.05, 3.63) is 47.2 Å². The average Bonchev–Trinajstić information content (AvgIpc) is 3.35. The number of nitrogens with zero attached hydrogens (tertiary/aromatic N) is 2. The van der Waals surface area contributed by atoms with Crippen LogP contribution in [-0.2, 0) is 35.2 Å². The molecule has 12 nitrogen and oxygen atoms in total. The van der Waals surface area contributed by atoms with Crippen LogP contribution < -0.4 is 4.74 Å². The van der Waals surface area contributed by atoms with Crippen molar-refractivity contribution in [2.24, 2.45) is 35.5 Å². The van der Waals surface area contributed by atoms with Crippen molar-refractivity contribution >= 4 is 35.6 Å². The molecule has 6 rings (SSSR count). The van der Waals surface area contributed by atoms with Crippen LogP contribution in [0.1, 0.15) is 44.1 Å². The summed E-state index contributed by atoms with van der Waals surface area (Å²) in [5.74, 6) is -6.94. The number of rotatable bonds is 9. The van der Waals surface area contributed by atoms with Gasteiger partial charge >= 0.3 is 11.9 Å². The molecule has 226 valence electrons. The van der Waals surface area contributed by atoms with E-state index < -0.39 is 59.3 Å². The van der Waals surface area contributed by atoms with E-state index in [1.165, 1.54) is 6.07 Å². The van der Waals surface area contributed by atoms with E-state index in [1.807, 2.05) is 6.08 Å². The molecule has 43 heavy (non-hydrogen) atoms. The number of allylic oxidation sites excluding steroid dienone is 3. The van der Waals surface area contributed by atoms with Crippen LogP contribution in [0, 0.1) is 35.5 Å². The summed E-state index contributed by atoms with van der Waals surface area (Å²) in [4.78, 5) is 79.0. The second kappa shape index (κ2) is 11.0. The molecule has 0 spiro atoms. The molecular weight excluding hydrogens is 560 g/mol. The highest BCUT2D eigenvalue weighted by atomic mass is 16.5. The first-order valence-electron chi connectivity index (χ1n) is 14.6. The lowest BCUT2D eigenvalue weighted by molar-refractivity contribution is -0.143. The fraction of sp³-hybridized carbons (Fsp3) is 0.484. The summed E-state index contributed by atoms with van der Waals surface area (Å²) in [5.41, 5.74) is 2.23. The highest BCUT2D eigenvalue weighted by Crippen LogP contribution is 2.57. The Morgan fingerprint density at radius 1 is 0.837 bits per heavy atom. The number of carbonyl (C=O) groups is 6. The quantitative estimate of drug-likeness (QED) is 0.284. The SMILES string of the molecule is O=C(O)CCCN1C(=O)[C@H]2[C@H](CC=C3[C@H](C4=COc5ccc(O)cc5C4)[C@@H]4C(=O)N(CCCC(=O)O)C(=O)[C@@H]4C[C@H]32)C1=O. The topological polar surface area (TPSA) is 179 Å². The second-order valence-corrected chi connectivity index (χ2v) is 12.0. The van der Waals surface area contributed by atoms with Crippen LogP contribution in [0.25, 0.3) is 0 Å². The molecule has 1 saturated carbocycles. The average molecular weight is 593 g/mol. The highest BCUT2D eigenvalue weighted by Gasteiger charge is 2.62. The fourth-order valence-corrected chi connectivity index (χ4v) is 7.76. The summed E-state index contributed by atoms with van der Waals surface area (Å²) in [6.45, 7) is -0.0248. The van der Waals surface area contributed by atoms with Gasteiger partial charge in [-0.15, -0.1) is 0 Å². The maximum atomic E-state index is 13.9. The summed E-state index contributed by atoms with van der Waals surface area (Å²) >= 11 is 0. The lowest BCUT2D eigenvalue weighted by Crippen LogP contribution is -2.45. The number of phenolic OH excluding ortho intramolecular Hbond substituents is 1. The van der Waals surface area contributed by atoms with Crippen molar-refractivity contribution in [1.82, 2.24) is 9.80 Å². The third-order valence-electron chi connectivity index (χ3n) is 9.55. The molecule has 0 radical (unpaired) electrons. The number of carboxylic acids is 2. The van der Waals surface area contributed by atoms with Crippen LogP contribution in [0.2, 0.25) is 0 Å². The zero-order valence-corrected chi connectivity index (χ0v) is 23.3.